The molecular weight excluding hydrogens is 260 g/mol. The molecule has 0 N–H and O–H groups in total. The quantitative estimate of drug-likeness (QED) is 0.453. The minimum absolute atomic E-state index is 0.338. The molecule has 0 aromatic heterocycles. The molecule has 8 heteroatoms. The molecule has 2 rings (SSSR count). The van der Waals surface area contributed by atoms with Crippen LogP contribution in [0.25, 0.3) is 31.7 Å². The Morgan fingerprint density at radius 2 is 1.25 bits per heavy atom. The first-order valence-corrected chi connectivity index (χ1v) is 5.54. The molecular formula is C12H10N6O2. The summed E-state index contributed by atoms with van der Waals surface area (Å²) in [6.45, 7) is 0. The highest BCUT2D eigenvalue weighted by molar-refractivity contribution is 6.07. The van der Waals surface area contributed by atoms with E-state index in [4.69, 9.17) is 20.5 Å². The third kappa shape index (κ3) is 2.12. The maximum atomic E-state index is 8.65. The van der Waals surface area contributed by atoms with Crippen LogP contribution in [0.2, 0.25) is 0 Å². The van der Waals surface area contributed by atoms with Crippen LogP contribution in [-0.2, 0) is 0 Å². The lowest BCUT2D eigenvalue weighted by Gasteiger charge is -2.13. The highest BCUT2D eigenvalue weighted by Gasteiger charge is 2.14. The fraction of sp³-hybridized carbons (Fsp3) is 0.167. The van der Waals surface area contributed by atoms with Crippen LogP contribution in [0.15, 0.2) is 34.5 Å². The third-order valence-corrected chi connectivity index (χ3v) is 2.78. The van der Waals surface area contributed by atoms with E-state index in [1.165, 1.54) is 14.2 Å². The fourth-order valence-corrected chi connectivity index (χ4v) is 2.00. The van der Waals surface area contributed by atoms with Crippen LogP contribution in [0.3, 0.4) is 0 Å². The van der Waals surface area contributed by atoms with Crippen LogP contribution in [0.4, 0.5) is 11.4 Å². The van der Waals surface area contributed by atoms with Crippen molar-refractivity contribution in [1.82, 2.24) is 0 Å². The van der Waals surface area contributed by atoms with Gasteiger partial charge in [0.1, 0.15) is 11.5 Å². The fourth-order valence-electron chi connectivity index (χ4n) is 2.00. The lowest BCUT2D eigenvalue weighted by molar-refractivity contribution is 0.405. The number of rotatable bonds is 4. The average Bonchev–Trinajstić information content (AvgIpc) is 2.48. The van der Waals surface area contributed by atoms with Gasteiger partial charge in [-0.1, -0.05) is 10.2 Å². The predicted octanol–water partition coefficient (Wildman–Crippen LogP) is 4.74. The summed E-state index contributed by atoms with van der Waals surface area (Å²) in [6.07, 6.45) is 0. The molecule has 0 radical (unpaired) electrons. The zero-order valence-electron chi connectivity index (χ0n) is 10.8. The van der Waals surface area contributed by atoms with E-state index >= 15 is 0 Å². The van der Waals surface area contributed by atoms with Gasteiger partial charge in [0.15, 0.2) is 0 Å². The summed E-state index contributed by atoms with van der Waals surface area (Å²) in [5.41, 5.74) is 18.0. The summed E-state index contributed by atoms with van der Waals surface area (Å²) in [7, 11) is 3.03. The minimum atomic E-state index is 0.338. The Bertz CT molecular complexity index is 699. The van der Waals surface area contributed by atoms with Crippen molar-refractivity contribution in [3.05, 3.63) is 45.2 Å². The Balaban J connectivity index is 3.04. The molecule has 0 atom stereocenters. The SMILES string of the molecule is COc1ccc(N=[N+]=[N-])c2c(N=[N+]=[N-])ccc(OC)c12. The second-order valence-corrected chi connectivity index (χ2v) is 3.70. The van der Waals surface area contributed by atoms with E-state index in [1.54, 1.807) is 24.3 Å². The molecule has 0 amide bonds. The van der Waals surface area contributed by atoms with Gasteiger partial charge in [-0.2, -0.15) is 0 Å². The van der Waals surface area contributed by atoms with Gasteiger partial charge in [-0.15, -0.1) is 0 Å². The van der Waals surface area contributed by atoms with Gasteiger partial charge in [-0.25, -0.2) is 0 Å². The van der Waals surface area contributed by atoms with Crippen LogP contribution < -0.4 is 9.47 Å². The van der Waals surface area contributed by atoms with Crippen molar-refractivity contribution in [2.75, 3.05) is 14.2 Å². The van der Waals surface area contributed by atoms with Crippen molar-refractivity contribution in [3.63, 3.8) is 0 Å². The first-order valence-electron chi connectivity index (χ1n) is 5.54. The van der Waals surface area contributed by atoms with Gasteiger partial charge in [0.25, 0.3) is 0 Å². The van der Waals surface area contributed by atoms with Crippen LogP contribution in [0, 0.1) is 0 Å². The summed E-state index contributed by atoms with van der Waals surface area (Å²) >= 11 is 0. The summed E-state index contributed by atoms with van der Waals surface area (Å²) in [5.74, 6) is 1.06. The lowest BCUT2D eigenvalue weighted by atomic mass is 10.0. The zero-order chi connectivity index (χ0) is 14.5. The molecule has 2 aromatic carbocycles. The molecule has 100 valence electrons. The van der Waals surface area contributed by atoms with E-state index < -0.39 is 0 Å². The predicted molar refractivity (Wildman–Crippen MR) is 74.7 cm³/mol. The van der Waals surface area contributed by atoms with Gasteiger partial charge in [-0.05, 0) is 35.3 Å². The molecule has 0 unspecified atom stereocenters. The molecule has 8 nitrogen and oxygen atoms in total. The Kier molecular flexibility index (Phi) is 3.81. The molecule has 0 aliphatic heterocycles. The number of hydrogen-bond donors (Lipinski definition) is 0. The number of nitrogens with zero attached hydrogens (tertiary/aromatic N) is 6. The Labute approximate surface area is 113 Å². The van der Waals surface area contributed by atoms with E-state index in [0.29, 0.717) is 33.6 Å². The smallest absolute Gasteiger partial charge is 0.130 e. The third-order valence-electron chi connectivity index (χ3n) is 2.78. The molecule has 0 heterocycles. The van der Waals surface area contributed by atoms with Crippen molar-refractivity contribution in [2.24, 2.45) is 10.2 Å². The number of methoxy groups -OCH3 is 2. The molecule has 0 bridgehead atoms. The second-order valence-electron chi connectivity index (χ2n) is 3.70. The summed E-state index contributed by atoms with van der Waals surface area (Å²) in [6, 6.07) is 6.51. The van der Waals surface area contributed by atoms with Crippen LogP contribution in [0.5, 0.6) is 11.5 Å². The molecule has 0 aliphatic rings. The molecule has 0 spiro atoms. The number of azide groups is 2. The van der Waals surface area contributed by atoms with Gasteiger partial charge in [0.2, 0.25) is 0 Å². The monoisotopic (exact) mass is 270 g/mol. The average molecular weight is 270 g/mol. The Morgan fingerprint density at radius 3 is 1.60 bits per heavy atom. The highest BCUT2D eigenvalue weighted by atomic mass is 16.5. The normalized spacial score (nSPS) is 9.50. The molecule has 0 fully saturated rings. The van der Waals surface area contributed by atoms with Gasteiger partial charge in [0.05, 0.1) is 19.6 Å². The summed E-state index contributed by atoms with van der Waals surface area (Å²) in [5, 5.41) is 8.30. The van der Waals surface area contributed by atoms with E-state index in [9.17, 15) is 0 Å². The summed E-state index contributed by atoms with van der Waals surface area (Å²) < 4.78 is 10.6. The van der Waals surface area contributed by atoms with Crippen molar-refractivity contribution in [3.8, 4) is 11.5 Å². The highest BCUT2D eigenvalue weighted by Crippen LogP contribution is 2.44. The zero-order valence-corrected chi connectivity index (χ0v) is 10.8. The van der Waals surface area contributed by atoms with Crippen molar-refractivity contribution in [1.29, 1.82) is 0 Å². The Hall–Kier alpha value is -3.08. The number of ether oxygens (including phenoxy) is 2. The molecule has 0 aliphatic carbocycles. The number of fused-ring (bicyclic) bond motifs is 1. The topological polar surface area (TPSA) is 116 Å². The molecule has 0 saturated carbocycles. The van der Waals surface area contributed by atoms with Crippen molar-refractivity contribution < 1.29 is 9.47 Å². The van der Waals surface area contributed by atoms with E-state index in [1.807, 2.05) is 0 Å². The van der Waals surface area contributed by atoms with Crippen LogP contribution in [-0.4, -0.2) is 14.2 Å². The van der Waals surface area contributed by atoms with E-state index in [-0.39, 0.29) is 0 Å². The van der Waals surface area contributed by atoms with Gasteiger partial charge < -0.3 is 9.47 Å². The number of benzene rings is 2. The van der Waals surface area contributed by atoms with Crippen LogP contribution >= 0.6 is 0 Å². The van der Waals surface area contributed by atoms with E-state index in [0.717, 1.165) is 0 Å². The van der Waals surface area contributed by atoms with Gasteiger partial charge in [-0.3, -0.25) is 0 Å². The molecule has 0 saturated heterocycles. The largest absolute Gasteiger partial charge is 0.496 e. The molecule has 20 heavy (non-hydrogen) atoms. The first-order chi connectivity index (χ1) is 9.76. The maximum absolute atomic E-state index is 8.65. The van der Waals surface area contributed by atoms with E-state index in [2.05, 4.69) is 20.1 Å². The number of hydrogen-bond acceptors (Lipinski definition) is 4. The second kappa shape index (κ2) is 5.71. The Morgan fingerprint density at radius 1 is 0.800 bits per heavy atom. The van der Waals surface area contributed by atoms with Crippen molar-refractivity contribution in [2.45, 2.75) is 0 Å². The first kappa shape index (κ1) is 13.4. The standard InChI is InChI=1S/C12H10N6O2/c1-19-9-5-3-7(15-17-13)11-8(16-18-14)4-6-10(20-2)12(9)11/h3-6H,1-2H3. The minimum Gasteiger partial charge on any atom is -0.496 e. The maximum Gasteiger partial charge on any atom is 0.130 e. The van der Waals surface area contributed by atoms with Gasteiger partial charge in [0, 0.05) is 26.6 Å². The summed E-state index contributed by atoms with van der Waals surface area (Å²) in [4.78, 5) is 5.55. The van der Waals surface area contributed by atoms with Crippen molar-refractivity contribution >= 4 is 22.1 Å². The van der Waals surface area contributed by atoms with Gasteiger partial charge >= 0.3 is 0 Å². The van der Waals surface area contributed by atoms with Crippen LogP contribution in [0.1, 0.15) is 0 Å². The molecule has 2 aromatic rings. The lowest BCUT2D eigenvalue weighted by Crippen LogP contribution is -1.90.